The summed E-state index contributed by atoms with van der Waals surface area (Å²) in [5.41, 5.74) is 0.938. The molecule has 92 valence electrons. The molecule has 2 rings (SSSR count). The molecule has 0 saturated carbocycles. The highest BCUT2D eigenvalue weighted by molar-refractivity contribution is 7.99. The molecule has 2 aromatic heterocycles. The van der Waals surface area contributed by atoms with Gasteiger partial charge in [0.2, 0.25) is 0 Å². The molecule has 0 atom stereocenters. The number of pyridine rings is 1. The van der Waals surface area contributed by atoms with Crippen LogP contribution >= 0.6 is 11.8 Å². The summed E-state index contributed by atoms with van der Waals surface area (Å²) in [7, 11) is 0. The summed E-state index contributed by atoms with van der Waals surface area (Å²) in [6, 6.07) is 4.18. The number of unbranched alkanes of at least 4 members (excludes halogenated alkanes) is 1. The van der Waals surface area contributed by atoms with Gasteiger partial charge in [0.15, 0.2) is 5.65 Å². The van der Waals surface area contributed by atoms with Gasteiger partial charge >= 0.3 is 0 Å². The standard InChI is InChI=1S/C13H19N3S/c1-4-5-8-17-11-6-7-12-14-15-13(10(2)3)16(12)9-11/h6-7,9-10H,4-5,8H2,1-3H3. The zero-order valence-electron chi connectivity index (χ0n) is 10.7. The van der Waals surface area contributed by atoms with Crippen molar-refractivity contribution in [3.05, 3.63) is 24.2 Å². The van der Waals surface area contributed by atoms with Crippen LogP contribution in [0.1, 0.15) is 45.4 Å². The monoisotopic (exact) mass is 249 g/mol. The Kier molecular flexibility index (Phi) is 4.05. The van der Waals surface area contributed by atoms with E-state index in [4.69, 9.17) is 0 Å². The summed E-state index contributed by atoms with van der Waals surface area (Å²) in [5.74, 6) is 2.63. The van der Waals surface area contributed by atoms with Crippen LogP contribution in [0, 0.1) is 0 Å². The van der Waals surface area contributed by atoms with Gasteiger partial charge < -0.3 is 0 Å². The van der Waals surface area contributed by atoms with Crippen molar-refractivity contribution < 1.29 is 0 Å². The summed E-state index contributed by atoms with van der Waals surface area (Å²) in [5, 5.41) is 8.42. The molecule has 0 unspecified atom stereocenters. The normalized spacial score (nSPS) is 11.5. The molecule has 0 aliphatic carbocycles. The lowest BCUT2D eigenvalue weighted by Crippen LogP contribution is -1.97. The first-order valence-corrected chi connectivity index (χ1v) is 7.18. The topological polar surface area (TPSA) is 30.2 Å². The number of rotatable bonds is 5. The van der Waals surface area contributed by atoms with Crippen LogP contribution in [0.4, 0.5) is 0 Å². The second-order valence-corrected chi connectivity index (χ2v) is 5.68. The number of aromatic nitrogens is 3. The minimum absolute atomic E-state index is 0.404. The molecule has 0 amide bonds. The van der Waals surface area contributed by atoms with Gasteiger partial charge in [-0.3, -0.25) is 4.40 Å². The fourth-order valence-corrected chi connectivity index (χ4v) is 2.72. The molecule has 3 nitrogen and oxygen atoms in total. The summed E-state index contributed by atoms with van der Waals surface area (Å²) in [6.45, 7) is 6.51. The fraction of sp³-hybridized carbons (Fsp3) is 0.538. The van der Waals surface area contributed by atoms with Crippen molar-refractivity contribution in [2.75, 3.05) is 5.75 Å². The van der Waals surface area contributed by atoms with Crippen molar-refractivity contribution in [2.45, 2.75) is 44.4 Å². The molecule has 2 heterocycles. The van der Waals surface area contributed by atoms with Gasteiger partial charge in [-0.25, -0.2) is 0 Å². The van der Waals surface area contributed by atoms with E-state index < -0.39 is 0 Å². The second-order valence-electron chi connectivity index (χ2n) is 4.51. The molecule has 0 bridgehead atoms. The van der Waals surface area contributed by atoms with E-state index in [-0.39, 0.29) is 0 Å². The van der Waals surface area contributed by atoms with Crippen LogP contribution in [0.5, 0.6) is 0 Å². The molecule has 0 spiro atoms. The molecule has 0 saturated heterocycles. The first-order chi connectivity index (χ1) is 8.22. The molecule has 2 aromatic rings. The Morgan fingerprint density at radius 3 is 2.82 bits per heavy atom. The predicted octanol–water partition coefficient (Wildman–Crippen LogP) is 3.74. The van der Waals surface area contributed by atoms with Gasteiger partial charge in [-0.2, -0.15) is 0 Å². The van der Waals surface area contributed by atoms with Crippen molar-refractivity contribution in [3.8, 4) is 0 Å². The molecule has 0 aliphatic heterocycles. The quantitative estimate of drug-likeness (QED) is 0.597. The fourth-order valence-electron chi connectivity index (χ4n) is 1.70. The van der Waals surface area contributed by atoms with Gasteiger partial charge in [-0.05, 0) is 24.3 Å². The Hall–Kier alpha value is -1.03. The Morgan fingerprint density at radius 2 is 2.12 bits per heavy atom. The van der Waals surface area contributed by atoms with E-state index in [9.17, 15) is 0 Å². The van der Waals surface area contributed by atoms with Crippen LogP contribution in [0.2, 0.25) is 0 Å². The highest BCUT2D eigenvalue weighted by Gasteiger charge is 2.09. The Balaban J connectivity index is 2.25. The van der Waals surface area contributed by atoms with E-state index >= 15 is 0 Å². The largest absolute Gasteiger partial charge is 0.285 e. The molecular formula is C13H19N3S. The smallest absolute Gasteiger partial charge is 0.160 e. The number of hydrogen-bond acceptors (Lipinski definition) is 3. The zero-order chi connectivity index (χ0) is 12.3. The van der Waals surface area contributed by atoms with E-state index in [1.165, 1.54) is 23.5 Å². The molecular weight excluding hydrogens is 230 g/mol. The van der Waals surface area contributed by atoms with Crippen LogP contribution in [-0.2, 0) is 0 Å². The third-order valence-corrected chi connectivity index (χ3v) is 3.75. The maximum Gasteiger partial charge on any atom is 0.160 e. The maximum absolute atomic E-state index is 4.24. The second kappa shape index (κ2) is 5.54. The lowest BCUT2D eigenvalue weighted by molar-refractivity contribution is 0.756. The molecule has 0 N–H and O–H groups in total. The minimum Gasteiger partial charge on any atom is -0.285 e. The van der Waals surface area contributed by atoms with E-state index in [0.29, 0.717) is 5.92 Å². The average Bonchev–Trinajstić information content (AvgIpc) is 2.72. The molecule has 0 aromatic carbocycles. The molecule has 0 fully saturated rings. The molecule has 4 heteroatoms. The van der Waals surface area contributed by atoms with Gasteiger partial charge in [-0.15, -0.1) is 22.0 Å². The van der Waals surface area contributed by atoms with E-state index in [2.05, 4.69) is 47.6 Å². The predicted molar refractivity (Wildman–Crippen MR) is 72.7 cm³/mol. The lowest BCUT2D eigenvalue weighted by Gasteiger charge is -2.05. The third kappa shape index (κ3) is 2.80. The summed E-state index contributed by atoms with van der Waals surface area (Å²) in [4.78, 5) is 1.30. The van der Waals surface area contributed by atoms with E-state index in [1.54, 1.807) is 0 Å². The third-order valence-electron chi connectivity index (χ3n) is 2.68. The zero-order valence-corrected chi connectivity index (χ0v) is 11.5. The van der Waals surface area contributed by atoms with Crippen molar-refractivity contribution in [1.82, 2.24) is 14.6 Å². The van der Waals surface area contributed by atoms with Gasteiger partial charge in [-0.1, -0.05) is 27.2 Å². The maximum atomic E-state index is 4.24. The molecule has 0 radical (unpaired) electrons. The summed E-state index contributed by atoms with van der Waals surface area (Å²) < 4.78 is 2.11. The summed E-state index contributed by atoms with van der Waals surface area (Å²) >= 11 is 1.91. The first kappa shape index (κ1) is 12.4. The van der Waals surface area contributed by atoms with Gasteiger partial charge in [0.25, 0.3) is 0 Å². The average molecular weight is 249 g/mol. The number of nitrogens with zero attached hydrogens (tertiary/aromatic N) is 3. The number of fused-ring (bicyclic) bond motifs is 1. The van der Waals surface area contributed by atoms with Crippen molar-refractivity contribution in [1.29, 1.82) is 0 Å². The van der Waals surface area contributed by atoms with Gasteiger partial charge in [0, 0.05) is 17.0 Å². The Bertz CT molecular complexity index is 490. The van der Waals surface area contributed by atoms with Crippen LogP contribution in [-0.4, -0.2) is 20.4 Å². The Morgan fingerprint density at radius 1 is 1.29 bits per heavy atom. The van der Waals surface area contributed by atoms with Crippen LogP contribution in [0.15, 0.2) is 23.2 Å². The van der Waals surface area contributed by atoms with Crippen LogP contribution < -0.4 is 0 Å². The first-order valence-electron chi connectivity index (χ1n) is 6.20. The molecule has 17 heavy (non-hydrogen) atoms. The van der Waals surface area contributed by atoms with Crippen molar-refractivity contribution >= 4 is 17.4 Å². The SMILES string of the molecule is CCCCSc1ccc2nnc(C(C)C)n2c1. The van der Waals surface area contributed by atoms with Crippen LogP contribution in [0.25, 0.3) is 5.65 Å². The number of thioether (sulfide) groups is 1. The van der Waals surface area contributed by atoms with Crippen LogP contribution in [0.3, 0.4) is 0 Å². The highest BCUT2D eigenvalue weighted by atomic mass is 32.2. The minimum atomic E-state index is 0.404. The lowest BCUT2D eigenvalue weighted by atomic mass is 10.2. The highest BCUT2D eigenvalue weighted by Crippen LogP contribution is 2.22. The summed E-state index contributed by atoms with van der Waals surface area (Å²) in [6.07, 6.45) is 4.67. The van der Waals surface area contributed by atoms with Crippen molar-refractivity contribution in [3.63, 3.8) is 0 Å². The van der Waals surface area contributed by atoms with E-state index in [0.717, 1.165) is 11.5 Å². The van der Waals surface area contributed by atoms with Crippen molar-refractivity contribution in [2.24, 2.45) is 0 Å². The number of hydrogen-bond donors (Lipinski definition) is 0. The van der Waals surface area contributed by atoms with E-state index in [1.807, 2.05) is 17.8 Å². The molecule has 0 aliphatic rings. The van der Waals surface area contributed by atoms with Gasteiger partial charge in [0.1, 0.15) is 5.82 Å². The van der Waals surface area contributed by atoms with Gasteiger partial charge in [0.05, 0.1) is 0 Å². The Labute approximate surface area is 107 Å².